The van der Waals surface area contributed by atoms with Crippen molar-refractivity contribution in [3.05, 3.63) is 23.3 Å². The molecule has 2 nitrogen and oxygen atoms in total. The summed E-state index contributed by atoms with van der Waals surface area (Å²) in [7, 11) is 0. The Kier molecular flexibility index (Phi) is 6.74. The van der Waals surface area contributed by atoms with Crippen molar-refractivity contribution in [3.63, 3.8) is 0 Å². The molecule has 0 radical (unpaired) electrons. The Hall–Kier alpha value is -1.05. The first-order valence-corrected chi connectivity index (χ1v) is 13.6. The maximum absolute atomic E-state index is 11.5. The van der Waals surface area contributed by atoms with Crippen LogP contribution >= 0.6 is 0 Å². The van der Waals surface area contributed by atoms with E-state index < -0.39 is 0 Å². The lowest BCUT2D eigenvalue weighted by Crippen LogP contribution is -2.48. The maximum atomic E-state index is 11.5. The second-order valence-corrected chi connectivity index (χ2v) is 12.8. The molecule has 0 saturated heterocycles. The first-order chi connectivity index (χ1) is 15.1. The number of carbonyl (C=O) groups is 1. The standard InChI is InChI=1S/C30H48O2/c1-19(2)20(3)8-9-21(4)26-12-13-27-25-11-10-23-18-24(32-22(5)31)14-16-29(23,6)28(25)15-17-30(26,27)7/h8-9,19-21,23-24,26,28H,10-18H2,1-7H3/b9-8+/t20-,21+,23-,24+,26-,28+,29-,30-/m0/s1. The Morgan fingerprint density at radius 1 is 1.00 bits per heavy atom. The van der Waals surface area contributed by atoms with E-state index in [-0.39, 0.29) is 12.1 Å². The highest BCUT2D eigenvalue weighted by molar-refractivity contribution is 5.66. The summed E-state index contributed by atoms with van der Waals surface area (Å²) in [5.41, 5.74) is 4.57. The van der Waals surface area contributed by atoms with Crippen molar-refractivity contribution in [1.29, 1.82) is 0 Å². The molecule has 180 valence electrons. The SMILES string of the molecule is CC(=O)O[C@@H]1CC[C@@]2(C)[C@@H](CCC3=C4CC[C@@H]([C@H](C)/C=C/[C@H](C)C(C)C)[C@]4(C)CC[C@H]32)C1. The summed E-state index contributed by atoms with van der Waals surface area (Å²) in [4.78, 5) is 11.5. The van der Waals surface area contributed by atoms with Crippen LogP contribution in [0, 0.1) is 46.3 Å². The number of carbonyl (C=O) groups excluding carboxylic acids is 1. The highest BCUT2D eigenvalue weighted by atomic mass is 16.5. The second-order valence-electron chi connectivity index (χ2n) is 12.8. The molecule has 0 unspecified atom stereocenters. The van der Waals surface area contributed by atoms with E-state index in [0.717, 1.165) is 36.5 Å². The minimum absolute atomic E-state index is 0.103. The Balaban J connectivity index is 1.53. The van der Waals surface area contributed by atoms with Gasteiger partial charge in [0.25, 0.3) is 0 Å². The van der Waals surface area contributed by atoms with E-state index in [2.05, 4.69) is 53.7 Å². The lowest BCUT2D eigenvalue weighted by atomic mass is 9.49. The number of fused-ring (bicyclic) bond motifs is 4. The third-order valence-electron chi connectivity index (χ3n) is 10.8. The summed E-state index contributed by atoms with van der Waals surface area (Å²) in [6, 6.07) is 0. The molecule has 4 aliphatic rings. The van der Waals surface area contributed by atoms with Crippen molar-refractivity contribution in [3.8, 4) is 0 Å². The Labute approximate surface area is 197 Å². The van der Waals surface area contributed by atoms with E-state index in [9.17, 15) is 4.79 Å². The minimum atomic E-state index is -0.103. The van der Waals surface area contributed by atoms with Gasteiger partial charge in [0.05, 0.1) is 0 Å². The molecule has 32 heavy (non-hydrogen) atoms. The highest BCUT2D eigenvalue weighted by Crippen LogP contribution is 2.65. The summed E-state index contributed by atoms with van der Waals surface area (Å²) in [6.45, 7) is 16.3. The van der Waals surface area contributed by atoms with Crippen LogP contribution in [0.25, 0.3) is 0 Å². The number of rotatable bonds is 5. The summed E-state index contributed by atoms with van der Waals surface area (Å²) < 4.78 is 5.64. The number of allylic oxidation sites excluding steroid dienone is 4. The van der Waals surface area contributed by atoms with E-state index in [1.54, 1.807) is 6.92 Å². The van der Waals surface area contributed by atoms with Gasteiger partial charge in [0.1, 0.15) is 6.10 Å². The molecule has 0 aromatic rings. The first kappa shape index (κ1) is 24.1. The van der Waals surface area contributed by atoms with Gasteiger partial charge in [0.2, 0.25) is 0 Å². The number of esters is 1. The van der Waals surface area contributed by atoms with Gasteiger partial charge in [-0.05, 0) is 104 Å². The van der Waals surface area contributed by atoms with Gasteiger partial charge in [0, 0.05) is 6.92 Å². The van der Waals surface area contributed by atoms with Crippen molar-refractivity contribution < 1.29 is 9.53 Å². The average Bonchev–Trinajstić information content (AvgIpc) is 3.08. The molecular weight excluding hydrogens is 392 g/mol. The summed E-state index contributed by atoms with van der Waals surface area (Å²) in [5.74, 6) is 4.24. The zero-order chi connectivity index (χ0) is 23.3. The molecule has 8 atom stereocenters. The number of hydrogen-bond acceptors (Lipinski definition) is 2. The number of hydrogen-bond donors (Lipinski definition) is 0. The van der Waals surface area contributed by atoms with Gasteiger partial charge in [0.15, 0.2) is 0 Å². The molecule has 0 bridgehead atoms. The van der Waals surface area contributed by atoms with E-state index >= 15 is 0 Å². The average molecular weight is 441 g/mol. The molecule has 0 spiro atoms. The lowest BCUT2D eigenvalue weighted by Gasteiger charge is -2.57. The van der Waals surface area contributed by atoms with Gasteiger partial charge in [-0.15, -0.1) is 0 Å². The fraction of sp³-hybridized carbons (Fsp3) is 0.833. The monoisotopic (exact) mass is 440 g/mol. The zero-order valence-corrected chi connectivity index (χ0v) is 21.9. The van der Waals surface area contributed by atoms with E-state index in [0.29, 0.717) is 22.7 Å². The molecule has 4 aliphatic carbocycles. The van der Waals surface area contributed by atoms with Gasteiger partial charge in [-0.25, -0.2) is 0 Å². The van der Waals surface area contributed by atoms with Crippen LogP contribution < -0.4 is 0 Å². The normalized spacial score (nSPS) is 41.2. The molecule has 4 rings (SSSR count). The largest absolute Gasteiger partial charge is 0.463 e. The first-order valence-electron chi connectivity index (χ1n) is 13.6. The topological polar surface area (TPSA) is 26.3 Å². The van der Waals surface area contributed by atoms with Crippen LogP contribution in [-0.4, -0.2) is 12.1 Å². The van der Waals surface area contributed by atoms with Gasteiger partial charge in [-0.2, -0.15) is 0 Å². The van der Waals surface area contributed by atoms with Gasteiger partial charge in [-0.1, -0.05) is 64.8 Å². The van der Waals surface area contributed by atoms with Crippen molar-refractivity contribution in [2.45, 2.75) is 112 Å². The van der Waals surface area contributed by atoms with Gasteiger partial charge >= 0.3 is 5.97 Å². The molecule has 0 aromatic carbocycles. The summed E-state index contributed by atoms with van der Waals surface area (Å²) in [6.07, 6.45) is 16.6. The van der Waals surface area contributed by atoms with Crippen molar-refractivity contribution in [2.24, 2.45) is 46.3 Å². The van der Waals surface area contributed by atoms with Crippen molar-refractivity contribution >= 4 is 5.97 Å². The predicted molar refractivity (Wildman–Crippen MR) is 133 cm³/mol. The van der Waals surface area contributed by atoms with Crippen molar-refractivity contribution in [2.75, 3.05) is 0 Å². The summed E-state index contributed by atoms with van der Waals surface area (Å²) >= 11 is 0. The second kappa shape index (κ2) is 8.95. The molecule has 0 amide bonds. The Morgan fingerprint density at radius 2 is 1.75 bits per heavy atom. The Bertz CT molecular complexity index is 776. The van der Waals surface area contributed by atoms with Crippen LogP contribution in [0.3, 0.4) is 0 Å². The third kappa shape index (κ3) is 4.14. The van der Waals surface area contributed by atoms with E-state index in [4.69, 9.17) is 4.74 Å². The maximum Gasteiger partial charge on any atom is 0.302 e. The van der Waals surface area contributed by atoms with Crippen LogP contribution in [-0.2, 0) is 9.53 Å². The highest BCUT2D eigenvalue weighted by Gasteiger charge is 2.55. The fourth-order valence-electron chi connectivity index (χ4n) is 8.38. The fourth-order valence-corrected chi connectivity index (χ4v) is 8.38. The van der Waals surface area contributed by atoms with Crippen LogP contribution in [0.1, 0.15) is 106 Å². The molecule has 0 N–H and O–H groups in total. The number of ether oxygens (including phenoxy) is 1. The molecule has 0 heterocycles. The van der Waals surface area contributed by atoms with Gasteiger partial charge < -0.3 is 4.74 Å². The molecule has 3 saturated carbocycles. The molecule has 3 fully saturated rings. The van der Waals surface area contributed by atoms with Crippen LogP contribution in [0.5, 0.6) is 0 Å². The molecular formula is C30H48O2. The Morgan fingerprint density at radius 3 is 2.44 bits per heavy atom. The predicted octanol–water partition coefficient (Wildman–Crippen LogP) is 8.13. The van der Waals surface area contributed by atoms with E-state index in [1.165, 1.54) is 44.9 Å². The smallest absolute Gasteiger partial charge is 0.302 e. The molecule has 2 heteroatoms. The summed E-state index contributed by atoms with van der Waals surface area (Å²) in [5, 5.41) is 0. The van der Waals surface area contributed by atoms with Crippen molar-refractivity contribution in [1.82, 2.24) is 0 Å². The minimum Gasteiger partial charge on any atom is -0.463 e. The molecule has 0 aromatic heterocycles. The third-order valence-corrected chi connectivity index (χ3v) is 10.8. The van der Waals surface area contributed by atoms with Crippen LogP contribution in [0.4, 0.5) is 0 Å². The zero-order valence-electron chi connectivity index (χ0n) is 21.9. The lowest BCUT2D eigenvalue weighted by molar-refractivity contribution is -0.152. The van der Waals surface area contributed by atoms with Crippen LogP contribution in [0.2, 0.25) is 0 Å². The quantitative estimate of drug-likeness (QED) is 0.318. The molecule has 0 aliphatic heterocycles. The van der Waals surface area contributed by atoms with Gasteiger partial charge in [-0.3, -0.25) is 4.79 Å². The van der Waals surface area contributed by atoms with E-state index in [1.807, 2.05) is 11.1 Å². The van der Waals surface area contributed by atoms with Crippen LogP contribution in [0.15, 0.2) is 23.3 Å².